The van der Waals surface area contributed by atoms with Crippen LogP contribution >= 0.6 is 22.6 Å². The van der Waals surface area contributed by atoms with E-state index in [1.165, 1.54) is 6.33 Å². The molecule has 0 aliphatic carbocycles. The minimum absolute atomic E-state index is 0.100. The Kier molecular flexibility index (Phi) is 3.80. The van der Waals surface area contributed by atoms with E-state index in [0.29, 0.717) is 9.49 Å². The number of nitrogens with one attached hydrogen (secondary N) is 1. The molecule has 88 valence electrons. The summed E-state index contributed by atoms with van der Waals surface area (Å²) in [5, 5.41) is 9.16. The number of aliphatic hydroxyl groups is 1. The van der Waals surface area contributed by atoms with Gasteiger partial charge in [0, 0.05) is 19.7 Å². The summed E-state index contributed by atoms with van der Waals surface area (Å²) in [5.41, 5.74) is -0.100. The van der Waals surface area contributed by atoms with Gasteiger partial charge in [0.2, 0.25) is 0 Å². The molecule has 2 rings (SSSR count). The molecule has 5 nitrogen and oxygen atoms in total. The van der Waals surface area contributed by atoms with Crippen molar-refractivity contribution in [2.24, 2.45) is 5.92 Å². The quantitative estimate of drug-likeness (QED) is 0.776. The highest BCUT2D eigenvalue weighted by atomic mass is 127. The van der Waals surface area contributed by atoms with Gasteiger partial charge in [0.15, 0.2) is 0 Å². The molecule has 0 radical (unpaired) electrons. The minimum atomic E-state index is -0.100. The Morgan fingerprint density at radius 1 is 1.69 bits per heavy atom. The van der Waals surface area contributed by atoms with Crippen LogP contribution in [-0.4, -0.2) is 34.8 Å². The molecular weight excluding hydrogens is 321 g/mol. The number of aliphatic hydroxyl groups excluding tert-OH is 1. The summed E-state index contributed by atoms with van der Waals surface area (Å²) in [4.78, 5) is 20.3. The number of anilines is 1. The van der Waals surface area contributed by atoms with Gasteiger partial charge in [-0.2, -0.15) is 0 Å². The summed E-state index contributed by atoms with van der Waals surface area (Å²) in [5.74, 6) is 1.04. The Labute approximate surface area is 107 Å². The highest BCUT2D eigenvalue weighted by Crippen LogP contribution is 2.23. The van der Waals surface area contributed by atoms with Crippen LogP contribution in [0.5, 0.6) is 0 Å². The average Bonchev–Trinajstić information content (AvgIpc) is 2.33. The van der Waals surface area contributed by atoms with Crippen molar-refractivity contribution in [2.45, 2.75) is 12.8 Å². The van der Waals surface area contributed by atoms with Gasteiger partial charge >= 0.3 is 0 Å². The molecule has 1 aromatic rings. The van der Waals surface area contributed by atoms with E-state index in [0.717, 1.165) is 31.7 Å². The molecule has 0 spiro atoms. The molecule has 0 aromatic carbocycles. The van der Waals surface area contributed by atoms with Crippen molar-refractivity contribution in [2.75, 3.05) is 24.6 Å². The first kappa shape index (κ1) is 11.8. The maximum absolute atomic E-state index is 11.5. The summed E-state index contributed by atoms with van der Waals surface area (Å²) in [6.45, 7) is 1.89. The van der Waals surface area contributed by atoms with Gasteiger partial charge in [0.25, 0.3) is 5.56 Å². The van der Waals surface area contributed by atoms with E-state index in [4.69, 9.17) is 5.11 Å². The SMILES string of the molecule is O=c1[nH]cnc(N2CCCC(CO)C2)c1I. The molecule has 16 heavy (non-hydrogen) atoms. The van der Waals surface area contributed by atoms with Gasteiger partial charge in [-0.25, -0.2) is 4.98 Å². The first-order valence-electron chi connectivity index (χ1n) is 5.31. The van der Waals surface area contributed by atoms with E-state index in [2.05, 4.69) is 14.9 Å². The Morgan fingerprint density at radius 3 is 3.25 bits per heavy atom. The number of aromatic nitrogens is 2. The number of rotatable bonds is 2. The van der Waals surface area contributed by atoms with E-state index < -0.39 is 0 Å². The predicted octanol–water partition coefficient (Wildman–Crippen LogP) is 0.583. The zero-order valence-corrected chi connectivity index (χ0v) is 11.0. The second-order valence-corrected chi connectivity index (χ2v) is 5.08. The molecule has 6 heteroatoms. The second kappa shape index (κ2) is 5.13. The van der Waals surface area contributed by atoms with Gasteiger partial charge in [0.1, 0.15) is 9.39 Å². The molecular formula is C10H14IN3O2. The van der Waals surface area contributed by atoms with E-state index >= 15 is 0 Å². The fourth-order valence-electron chi connectivity index (χ4n) is 2.00. The van der Waals surface area contributed by atoms with E-state index in [1.54, 1.807) is 0 Å². The highest BCUT2D eigenvalue weighted by molar-refractivity contribution is 14.1. The van der Waals surface area contributed by atoms with Gasteiger partial charge in [-0.15, -0.1) is 0 Å². The Hall–Kier alpha value is -0.630. The van der Waals surface area contributed by atoms with Crippen molar-refractivity contribution in [3.63, 3.8) is 0 Å². The molecule has 1 fully saturated rings. The summed E-state index contributed by atoms with van der Waals surface area (Å²) in [6.07, 6.45) is 3.52. The number of aromatic amines is 1. The fraction of sp³-hybridized carbons (Fsp3) is 0.600. The average molecular weight is 335 g/mol. The van der Waals surface area contributed by atoms with Crippen LogP contribution in [0.4, 0.5) is 5.82 Å². The van der Waals surface area contributed by atoms with Gasteiger partial charge in [-0.1, -0.05) is 0 Å². The predicted molar refractivity (Wildman–Crippen MR) is 69.6 cm³/mol. The third-order valence-electron chi connectivity index (χ3n) is 2.85. The zero-order valence-electron chi connectivity index (χ0n) is 8.82. The summed E-state index contributed by atoms with van der Waals surface area (Å²) in [7, 11) is 0. The van der Waals surface area contributed by atoms with Crippen LogP contribution in [0, 0.1) is 9.49 Å². The van der Waals surface area contributed by atoms with Crippen LogP contribution in [0.15, 0.2) is 11.1 Å². The lowest BCUT2D eigenvalue weighted by atomic mass is 9.99. The molecule has 0 amide bonds. The van der Waals surface area contributed by atoms with Crippen molar-refractivity contribution < 1.29 is 5.11 Å². The van der Waals surface area contributed by atoms with E-state index in [9.17, 15) is 4.79 Å². The summed E-state index contributed by atoms with van der Waals surface area (Å²) in [6, 6.07) is 0. The first-order valence-corrected chi connectivity index (χ1v) is 6.39. The van der Waals surface area contributed by atoms with E-state index in [-0.39, 0.29) is 12.2 Å². The normalized spacial score (nSPS) is 21.1. The fourth-order valence-corrected chi connectivity index (χ4v) is 2.64. The van der Waals surface area contributed by atoms with Crippen LogP contribution in [0.25, 0.3) is 0 Å². The number of halogens is 1. The molecule has 2 N–H and O–H groups in total. The lowest BCUT2D eigenvalue weighted by Gasteiger charge is -2.32. The van der Waals surface area contributed by atoms with Crippen LogP contribution in [0.3, 0.4) is 0 Å². The largest absolute Gasteiger partial charge is 0.396 e. The third kappa shape index (κ3) is 2.37. The van der Waals surface area contributed by atoms with Crippen molar-refractivity contribution in [3.8, 4) is 0 Å². The standard InChI is InChI=1S/C10H14IN3O2/c11-8-9(12-6-13-10(8)16)14-3-1-2-7(4-14)5-15/h6-7,15H,1-5H2,(H,12,13,16). The lowest BCUT2D eigenvalue weighted by Crippen LogP contribution is -2.38. The highest BCUT2D eigenvalue weighted by Gasteiger charge is 2.22. The summed E-state index contributed by atoms with van der Waals surface area (Å²) >= 11 is 2.02. The maximum atomic E-state index is 11.5. The Bertz CT molecular complexity index is 421. The monoisotopic (exact) mass is 335 g/mol. The molecule has 1 aromatic heterocycles. The molecule has 1 atom stereocenters. The molecule has 0 bridgehead atoms. The number of H-pyrrole nitrogens is 1. The number of hydrogen-bond acceptors (Lipinski definition) is 4. The molecule has 1 aliphatic rings. The van der Waals surface area contributed by atoms with Crippen LogP contribution in [0.2, 0.25) is 0 Å². The van der Waals surface area contributed by atoms with Crippen LogP contribution in [-0.2, 0) is 0 Å². The third-order valence-corrected chi connectivity index (χ3v) is 3.83. The zero-order chi connectivity index (χ0) is 11.5. The number of hydrogen-bond donors (Lipinski definition) is 2. The van der Waals surface area contributed by atoms with Crippen molar-refractivity contribution in [1.82, 2.24) is 9.97 Å². The smallest absolute Gasteiger partial charge is 0.266 e. The first-order chi connectivity index (χ1) is 7.72. The van der Waals surface area contributed by atoms with Gasteiger partial charge < -0.3 is 15.0 Å². The molecule has 1 unspecified atom stereocenters. The Balaban J connectivity index is 2.23. The number of nitrogens with zero attached hydrogens (tertiary/aromatic N) is 2. The van der Waals surface area contributed by atoms with Gasteiger partial charge in [0.05, 0.1) is 6.33 Å². The van der Waals surface area contributed by atoms with Gasteiger partial charge in [-0.05, 0) is 41.4 Å². The molecule has 0 saturated carbocycles. The number of piperidine rings is 1. The topological polar surface area (TPSA) is 69.2 Å². The Morgan fingerprint density at radius 2 is 2.50 bits per heavy atom. The minimum Gasteiger partial charge on any atom is -0.396 e. The van der Waals surface area contributed by atoms with Crippen molar-refractivity contribution in [3.05, 3.63) is 20.3 Å². The maximum Gasteiger partial charge on any atom is 0.266 e. The molecule has 1 saturated heterocycles. The molecule has 1 aliphatic heterocycles. The van der Waals surface area contributed by atoms with E-state index in [1.807, 2.05) is 22.6 Å². The van der Waals surface area contributed by atoms with Gasteiger partial charge in [-0.3, -0.25) is 4.79 Å². The second-order valence-electron chi connectivity index (χ2n) is 4.01. The van der Waals surface area contributed by atoms with Crippen molar-refractivity contribution >= 4 is 28.4 Å². The van der Waals surface area contributed by atoms with Crippen LogP contribution in [0.1, 0.15) is 12.8 Å². The van der Waals surface area contributed by atoms with Crippen molar-refractivity contribution in [1.29, 1.82) is 0 Å². The molecule has 2 heterocycles. The van der Waals surface area contributed by atoms with Crippen LogP contribution < -0.4 is 10.5 Å². The summed E-state index contributed by atoms with van der Waals surface area (Å²) < 4.78 is 0.624. The lowest BCUT2D eigenvalue weighted by molar-refractivity contribution is 0.208.